The molecule has 0 bridgehead atoms. The first-order valence-corrected chi connectivity index (χ1v) is 9.98. The number of hydrogen-bond donors (Lipinski definition) is 1. The summed E-state index contributed by atoms with van der Waals surface area (Å²) in [6, 6.07) is 5.29. The van der Waals surface area contributed by atoms with Gasteiger partial charge in [0.1, 0.15) is 0 Å². The van der Waals surface area contributed by atoms with Gasteiger partial charge in [0.05, 0.1) is 6.26 Å². The molecule has 1 aliphatic rings. The third-order valence-corrected chi connectivity index (χ3v) is 5.77. The van der Waals surface area contributed by atoms with Crippen molar-refractivity contribution in [3.8, 4) is 0 Å². The number of carbonyl (C=O) groups excluding carboxylic acids is 3. The van der Waals surface area contributed by atoms with Gasteiger partial charge in [0.15, 0.2) is 11.5 Å². The average molecular weight is 388 g/mol. The van der Waals surface area contributed by atoms with Crippen LogP contribution >= 0.6 is 11.3 Å². The highest BCUT2D eigenvalue weighted by Crippen LogP contribution is 2.22. The number of thiophene rings is 1. The van der Waals surface area contributed by atoms with E-state index in [0.29, 0.717) is 31.7 Å². The van der Waals surface area contributed by atoms with Crippen molar-refractivity contribution in [2.45, 2.75) is 45.6 Å². The predicted octanol–water partition coefficient (Wildman–Crippen LogP) is 3.34. The molecule has 2 aromatic rings. The molecular weight excluding hydrogens is 364 g/mol. The molecule has 6 nitrogen and oxygen atoms in total. The van der Waals surface area contributed by atoms with Gasteiger partial charge in [-0.1, -0.05) is 0 Å². The molecule has 0 aliphatic carbocycles. The molecule has 1 N–H and O–H groups in total. The first-order chi connectivity index (χ1) is 12.9. The van der Waals surface area contributed by atoms with Gasteiger partial charge in [-0.05, 0) is 44.9 Å². The first-order valence-electron chi connectivity index (χ1n) is 9.16. The van der Waals surface area contributed by atoms with Gasteiger partial charge in [0, 0.05) is 47.3 Å². The molecule has 0 radical (unpaired) electrons. The van der Waals surface area contributed by atoms with Crippen molar-refractivity contribution in [2.75, 3.05) is 13.1 Å². The van der Waals surface area contributed by atoms with Crippen LogP contribution in [0.5, 0.6) is 0 Å². The van der Waals surface area contributed by atoms with Crippen molar-refractivity contribution in [1.82, 2.24) is 10.2 Å². The minimum atomic E-state index is -0.114. The minimum absolute atomic E-state index is 0.0193. The van der Waals surface area contributed by atoms with Crippen LogP contribution in [-0.2, 0) is 4.79 Å². The number of rotatable bonds is 6. The first kappa shape index (κ1) is 19.4. The Labute approximate surface area is 162 Å². The number of aryl methyl sites for hydroxylation is 2. The number of likely N-dealkylation sites (tertiary alicyclic amines) is 1. The Balaban J connectivity index is 1.41. The molecule has 0 unspecified atom stereocenters. The lowest BCUT2D eigenvalue weighted by Gasteiger charge is -2.31. The summed E-state index contributed by atoms with van der Waals surface area (Å²) in [4.78, 5) is 40.6. The van der Waals surface area contributed by atoms with Crippen LogP contribution in [0, 0.1) is 13.8 Å². The molecule has 1 fully saturated rings. The third-order valence-electron chi connectivity index (χ3n) is 4.80. The maximum absolute atomic E-state index is 12.3. The second-order valence-corrected chi connectivity index (χ2v) is 8.32. The van der Waals surface area contributed by atoms with Crippen LogP contribution < -0.4 is 5.32 Å². The van der Waals surface area contributed by atoms with Crippen LogP contribution in [0.15, 0.2) is 28.9 Å². The zero-order valence-corrected chi connectivity index (χ0v) is 16.4. The maximum Gasteiger partial charge on any atom is 0.289 e. The SMILES string of the molecule is Cc1cc(C(=O)CCC(=O)NC2CCN(C(=O)c3ccco3)CC2)c(C)s1. The van der Waals surface area contributed by atoms with Crippen molar-refractivity contribution in [3.63, 3.8) is 0 Å². The number of Topliss-reactive ketones (excluding diaryl/α,β-unsaturated/α-hetero) is 1. The number of hydrogen-bond acceptors (Lipinski definition) is 5. The van der Waals surface area contributed by atoms with Crippen LogP contribution in [0.4, 0.5) is 0 Å². The summed E-state index contributed by atoms with van der Waals surface area (Å²) < 4.78 is 5.15. The fraction of sp³-hybridized carbons (Fsp3) is 0.450. The van der Waals surface area contributed by atoms with Gasteiger partial charge in [-0.3, -0.25) is 14.4 Å². The molecule has 7 heteroatoms. The lowest BCUT2D eigenvalue weighted by atomic mass is 10.0. The molecular formula is C20H24N2O4S. The van der Waals surface area contributed by atoms with E-state index in [0.717, 1.165) is 15.3 Å². The van der Waals surface area contributed by atoms with Gasteiger partial charge in [-0.25, -0.2) is 0 Å². The maximum atomic E-state index is 12.3. The zero-order valence-electron chi connectivity index (χ0n) is 15.6. The standard InChI is InChI=1S/C20H24N2O4S/c1-13-12-16(14(2)27-13)17(23)5-6-19(24)21-15-7-9-22(10-8-15)20(25)18-4-3-11-26-18/h3-4,11-12,15H,5-10H2,1-2H3,(H,21,24). The van der Waals surface area contributed by atoms with Crippen molar-refractivity contribution in [2.24, 2.45) is 0 Å². The molecule has 3 heterocycles. The smallest absolute Gasteiger partial charge is 0.289 e. The zero-order chi connectivity index (χ0) is 19.4. The fourth-order valence-corrected chi connectivity index (χ4v) is 4.29. The lowest BCUT2D eigenvalue weighted by Crippen LogP contribution is -2.46. The Hall–Kier alpha value is -2.41. The molecule has 27 heavy (non-hydrogen) atoms. The number of furan rings is 1. The number of nitrogens with one attached hydrogen (secondary N) is 1. The topological polar surface area (TPSA) is 79.6 Å². The highest BCUT2D eigenvalue weighted by molar-refractivity contribution is 7.12. The van der Waals surface area contributed by atoms with Gasteiger partial charge in [0.25, 0.3) is 5.91 Å². The van der Waals surface area contributed by atoms with Gasteiger partial charge >= 0.3 is 0 Å². The number of carbonyl (C=O) groups is 3. The second-order valence-electron chi connectivity index (χ2n) is 6.86. The molecule has 2 aromatic heterocycles. The van der Waals surface area contributed by atoms with Crippen LogP contribution in [-0.4, -0.2) is 41.6 Å². The Morgan fingerprint density at radius 1 is 1.22 bits per heavy atom. The molecule has 0 aromatic carbocycles. The van der Waals surface area contributed by atoms with E-state index in [4.69, 9.17) is 4.42 Å². The number of amides is 2. The van der Waals surface area contributed by atoms with E-state index >= 15 is 0 Å². The summed E-state index contributed by atoms with van der Waals surface area (Å²) in [6.45, 7) is 5.07. The van der Waals surface area contributed by atoms with Gasteiger partial charge in [-0.2, -0.15) is 0 Å². The fourth-order valence-electron chi connectivity index (χ4n) is 3.35. The van der Waals surface area contributed by atoms with E-state index in [-0.39, 0.29) is 36.5 Å². The van der Waals surface area contributed by atoms with E-state index < -0.39 is 0 Å². The molecule has 0 saturated carbocycles. The summed E-state index contributed by atoms with van der Waals surface area (Å²) in [7, 11) is 0. The Morgan fingerprint density at radius 2 is 1.96 bits per heavy atom. The number of nitrogens with zero attached hydrogens (tertiary/aromatic N) is 1. The largest absolute Gasteiger partial charge is 0.459 e. The van der Waals surface area contributed by atoms with E-state index in [1.807, 2.05) is 19.9 Å². The highest BCUT2D eigenvalue weighted by Gasteiger charge is 2.26. The van der Waals surface area contributed by atoms with Crippen LogP contribution in [0.2, 0.25) is 0 Å². The monoisotopic (exact) mass is 388 g/mol. The summed E-state index contributed by atoms with van der Waals surface area (Å²) in [5, 5.41) is 2.99. The number of piperidine rings is 1. The molecule has 2 amide bonds. The van der Waals surface area contributed by atoms with Crippen LogP contribution in [0.1, 0.15) is 56.4 Å². The molecule has 144 valence electrons. The summed E-state index contributed by atoms with van der Waals surface area (Å²) >= 11 is 1.60. The highest BCUT2D eigenvalue weighted by atomic mass is 32.1. The summed E-state index contributed by atoms with van der Waals surface area (Å²) in [5.41, 5.74) is 0.732. The Kier molecular flexibility index (Phi) is 6.11. The van der Waals surface area contributed by atoms with Crippen LogP contribution in [0.3, 0.4) is 0 Å². The van der Waals surface area contributed by atoms with E-state index in [1.165, 1.54) is 6.26 Å². The van der Waals surface area contributed by atoms with Gasteiger partial charge in [0.2, 0.25) is 5.91 Å². The third kappa shape index (κ3) is 4.86. The quantitative estimate of drug-likeness (QED) is 0.770. The predicted molar refractivity (Wildman–Crippen MR) is 103 cm³/mol. The summed E-state index contributed by atoms with van der Waals surface area (Å²) in [5.74, 6) is 0.140. The van der Waals surface area contributed by atoms with Crippen molar-refractivity contribution >= 4 is 28.9 Å². The van der Waals surface area contributed by atoms with Gasteiger partial charge in [-0.15, -0.1) is 11.3 Å². The minimum Gasteiger partial charge on any atom is -0.459 e. The van der Waals surface area contributed by atoms with E-state index in [1.54, 1.807) is 28.4 Å². The molecule has 0 spiro atoms. The average Bonchev–Trinajstić information content (AvgIpc) is 3.29. The summed E-state index contributed by atoms with van der Waals surface area (Å²) in [6.07, 6.45) is 3.31. The molecule has 1 saturated heterocycles. The van der Waals surface area contributed by atoms with Crippen molar-refractivity contribution in [1.29, 1.82) is 0 Å². The van der Waals surface area contributed by atoms with Crippen LogP contribution in [0.25, 0.3) is 0 Å². The van der Waals surface area contributed by atoms with E-state index in [2.05, 4.69) is 5.32 Å². The molecule has 3 rings (SSSR count). The second kappa shape index (κ2) is 8.52. The Bertz CT molecular complexity index is 817. The normalized spacial score (nSPS) is 15.0. The van der Waals surface area contributed by atoms with E-state index in [9.17, 15) is 14.4 Å². The molecule has 0 atom stereocenters. The van der Waals surface area contributed by atoms with Gasteiger partial charge < -0.3 is 14.6 Å². The number of ketones is 1. The lowest BCUT2D eigenvalue weighted by molar-refractivity contribution is -0.122. The molecule has 1 aliphatic heterocycles. The van der Waals surface area contributed by atoms with Crippen molar-refractivity contribution in [3.05, 3.63) is 45.5 Å². The Morgan fingerprint density at radius 3 is 2.56 bits per heavy atom. The van der Waals surface area contributed by atoms with Crippen molar-refractivity contribution < 1.29 is 18.8 Å².